The lowest BCUT2D eigenvalue weighted by molar-refractivity contribution is 0.0724. The summed E-state index contributed by atoms with van der Waals surface area (Å²) in [5.41, 5.74) is 1.72. The molecule has 0 atom stereocenters. The van der Waals surface area contributed by atoms with Gasteiger partial charge in [-0.2, -0.15) is 11.3 Å². The molecule has 0 radical (unpaired) electrons. The van der Waals surface area contributed by atoms with Crippen molar-refractivity contribution in [3.8, 4) is 0 Å². The second-order valence-electron chi connectivity index (χ2n) is 5.23. The van der Waals surface area contributed by atoms with Crippen LogP contribution in [0, 0.1) is 0 Å². The monoisotopic (exact) mass is 301 g/mol. The third kappa shape index (κ3) is 3.42. The Morgan fingerprint density at radius 1 is 1.43 bits per heavy atom. The average Bonchev–Trinajstić information content (AvgIpc) is 3.21. The summed E-state index contributed by atoms with van der Waals surface area (Å²) in [5, 5.41) is 7.30. The van der Waals surface area contributed by atoms with E-state index in [1.54, 1.807) is 17.4 Å². The number of thiophene rings is 1. The van der Waals surface area contributed by atoms with Crippen LogP contribution in [0.2, 0.25) is 0 Å². The smallest absolute Gasteiger partial charge is 0.273 e. The molecule has 21 heavy (non-hydrogen) atoms. The van der Waals surface area contributed by atoms with Crippen LogP contribution < -0.4 is 5.32 Å². The highest BCUT2D eigenvalue weighted by Gasteiger charge is 2.33. The minimum atomic E-state index is 0.0310. The number of amides is 1. The van der Waals surface area contributed by atoms with Crippen molar-refractivity contribution >= 4 is 23.1 Å². The molecule has 1 amide bonds. The summed E-state index contributed by atoms with van der Waals surface area (Å²) in [5.74, 6) is 0.790. The van der Waals surface area contributed by atoms with Crippen LogP contribution >= 0.6 is 11.3 Å². The molecule has 3 rings (SSSR count). The quantitative estimate of drug-likeness (QED) is 0.889. The van der Waals surface area contributed by atoms with Crippen molar-refractivity contribution in [3.63, 3.8) is 0 Å². The molecule has 1 aliphatic rings. The highest BCUT2D eigenvalue weighted by molar-refractivity contribution is 7.07. The van der Waals surface area contributed by atoms with E-state index in [1.165, 1.54) is 5.56 Å². The van der Waals surface area contributed by atoms with E-state index in [9.17, 15) is 4.79 Å². The number of rotatable bonds is 6. The van der Waals surface area contributed by atoms with E-state index in [4.69, 9.17) is 0 Å². The first-order valence-corrected chi connectivity index (χ1v) is 8.25. The Morgan fingerprint density at radius 3 is 2.95 bits per heavy atom. The van der Waals surface area contributed by atoms with Crippen molar-refractivity contribution in [3.05, 3.63) is 46.3 Å². The van der Waals surface area contributed by atoms with Gasteiger partial charge in [0.15, 0.2) is 0 Å². The lowest BCUT2D eigenvalue weighted by Crippen LogP contribution is -2.33. The summed E-state index contributed by atoms with van der Waals surface area (Å²) in [6, 6.07) is 8.03. The number of hydrogen-bond donors (Lipinski definition) is 1. The Kier molecular flexibility index (Phi) is 4.20. The molecule has 0 saturated heterocycles. The molecule has 0 unspecified atom stereocenters. The molecule has 1 aliphatic carbocycles. The van der Waals surface area contributed by atoms with E-state index in [1.807, 2.05) is 24.0 Å². The minimum absolute atomic E-state index is 0.0310. The highest BCUT2D eigenvalue weighted by atomic mass is 32.1. The number of hydrogen-bond acceptors (Lipinski definition) is 4. The maximum atomic E-state index is 12.7. The van der Waals surface area contributed by atoms with Crippen LogP contribution in [0.15, 0.2) is 35.0 Å². The summed E-state index contributed by atoms with van der Waals surface area (Å²) < 4.78 is 0. The minimum Gasteiger partial charge on any atom is -0.370 e. The maximum absolute atomic E-state index is 12.7. The fourth-order valence-electron chi connectivity index (χ4n) is 2.31. The van der Waals surface area contributed by atoms with Crippen molar-refractivity contribution in [1.29, 1.82) is 0 Å². The van der Waals surface area contributed by atoms with Crippen LogP contribution in [-0.2, 0) is 6.54 Å². The molecular weight excluding hydrogens is 282 g/mol. The highest BCUT2D eigenvalue weighted by Crippen LogP contribution is 2.30. The number of pyridine rings is 1. The van der Waals surface area contributed by atoms with Crippen molar-refractivity contribution < 1.29 is 4.79 Å². The third-order valence-electron chi connectivity index (χ3n) is 3.51. The maximum Gasteiger partial charge on any atom is 0.273 e. The number of aromatic nitrogens is 1. The van der Waals surface area contributed by atoms with Crippen molar-refractivity contribution in [2.24, 2.45) is 0 Å². The Morgan fingerprint density at radius 2 is 2.29 bits per heavy atom. The van der Waals surface area contributed by atoms with E-state index < -0.39 is 0 Å². The summed E-state index contributed by atoms with van der Waals surface area (Å²) >= 11 is 1.67. The first kappa shape index (κ1) is 14.1. The molecule has 4 nitrogen and oxygen atoms in total. The molecule has 2 aromatic rings. The number of carbonyl (C=O) groups is 1. The molecule has 1 fully saturated rings. The second-order valence-corrected chi connectivity index (χ2v) is 6.01. The molecule has 0 aliphatic heterocycles. The summed E-state index contributed by atoms with van der Waals surface area (Å²) in [6.07, 6.45) is 2.20. The van der Waals surface area contributed by atoms with Gasteiger partial charge >= 0.3 is 0 Å². The van der Waals surface area contributed by atoms with Gasteiger partial charge in [0.05, 0.1) is 0 Å². The van der Waals surface area contributed by atoms with Crippen LogP contribution in [-0.4, -0.2) is 28.4 Å². The zero-order valence-corrected chi connectivity index (χ0v) is 12.9. The summed E-state index contributed by atoms with van der Waals surface area (Å²) in [7, 11) is 0. The largest absolute Gasteiger partial charge is 0.370 e. The zero-order valence-electron chi connectivity index (χ0n) is 12.1. The van der Waals surface area contributed by atoms with Crippen LogP contribution in [0.1, 0.15) is 35.8 Å². The van der Waals surface area contributed by atoms with Crippen molar-refractivity contribution in [2.75, 3.05) is 11.9 Å². The van der Waals surface area contributed by atoms with Crippen molar-refractivity contribution in [1.82, 2.24) is 9.88 Å². The van der Waals surface area contributed by atoms with Crippen LogP contribution in [0.3, 0.4) is 0 Å². The van der Waals surface area contributed by atoms with Crippen LogP contribution in [0.4, 0.5) is 5.82 Å². The van der Waals surface area contributed by atoms with Gasteiger partial charge in [-0.3, -0.25) is 4.79 Å². The Balaban J connectivity index is 1.79. The lowest BCUT2D eigenvalue weighted by atomic mass is 10.2. The van der Waals surface area contributed by atoms with Gasteiger partial charge in [-0.05, 0) is 54.3 Å². The number of nitrogens with one attached hydrogen (secondary N) is 1. The predicted molar refractivity (Wildman–Crippen MR) is 85.6 cm³/mol. The molecule has 2 heterocycles. The molecule has 0 aromatic carbocycles. The van der Waals surface area contributed by atoms with E-state index in [0.29, 0.717) is 18.3 Å². The molecule has 2 aromatic heterocycles. The Labute approximate surface area is 128 Å². The van der Waals surface area contributed by atoms with Gasteiger partial charge in [0.2, 0.25) is 0 Å². The van der Waals surface area contributed by atoms with Gasteiger partial charge in [0.1, 0.15) is 11.5 Å². The third-order valence-corrected chi connectivity index (χ3v) is 4.24. The molecule has 110 valence electrons. The SMILES string of the molecule is CCNc1cccc(C(=O)N(Cc2ccsc2)C2CC2)n1. The summed E-state index contributed by atoms with van der Waals surface area (Å²) in [4.78, 5) is 19.1. The molecule has 1 N–H and O–H groups in total. The number of carbonyl (C=O) groups excluding carboxylic acids is 1. The second kappa shape index (κ2) is 6.26. The standard InChI is InChI=1S/C16H19N3OS/c1-2-17-15-5-3-4-14(18-15)16(20)19(13-6-7-13)10-12-8-9-21-11-12/h3-5,8-9,11,13H,2,6-7,10H2,1H3,(H,17,18). The topological polar surface area (TPSA) is 45.2 Å². The molecule has 0 bridgehead atoms. The first-order valence-electron chi connectivity index (χ1n) is 7.31. The average molecular weight is 301 g/mol. The normalized spacial score (nSPS) is 14.0. The van der Waals surface area contributed by atoms with Gasteiger partial charge < -0.3 is 10.2 Å². The van der Waals surface area contributed by atoms with Gasteiger partial charge in [-0.1, -0.05) is 6.07 Å². The Hall–Kier alpha value is -1.88. The van der Waals surface area contributed by atoms with Crippen LogP contribution in [0.25, 0.3) is 0 Å². The molecule has 0 spiro atoms. The molecular formula is C16H19N3OS. The number of nitrogens with zero attached hydrogens (tertiary/aromatic N) is 2. The number of anilines is 1. The Bertz CT molecular complexity index is 608. The van der Waals surface area contributed by atoms with Gasteiger partial charge in [-0.25, -0.2) is 4.98 Å². The predicted octanol–water partition coefficient (Wildman–Crippen LogP) is 3.38. The fourth-order valence-corrected chi connectivity index (χ4v) is 2.97. The van der Waals surface area contributed by atoms with Crippen LogP contribution in [0.5, 0.6) is 0 Å². The van der Waals surface area contributed by atoms with Gasteiger partial charge in [-0.15, -0.1) is 0 Å². The van der Waals surface area contributed by atoms with E-state index >= 15 is 0 Å². The van der Waals surface area contributed by atoms with Crippen molar-refractivity contribution in [2.45, 2.75) is 32.4 Å². The van der Waals surface area contributed by atoms with E-state index in [2.05, 4.69) is 27.1 Å². The van der Waals surface area contributed by atoms with E-state index in [-0.39, 0.29) is 5.91 Å². The lowest BCUT2D eigenvalue weighted by Gasteiger charge is -2.21. The van der Waals surface area contributed by atoms with E-state index in [0.717, 1.165) is 25.2 Å². The molecule has 1 saturated carbocycles. The van der Waals surface area contributed by atoms with Gasteiger partial charge in [0, 0.05) is 19.1 Å². The first-order chi connectivity index (χ1) is 10.3. The fraction of sp³-hybridized carbons (Fsp3) is 0.375. The van der Waals surface area contributed by atoms with Gasteiger partial charge in [0.25, 0.3) is 5.91 Å². The molecule has 5 heteroatoms. The summed E-state index contributed by atoms with van der Waals surface area (Å²) in [6.45, 7) is 3.50. The zero-order chi connectivity index (χ0) is 14.7.